The maximum atomic E-state index is 12.9. The van der Waals surface area contributed by atoms with Gasteiger partial charge in [-0.2, -0.15) is 0 Å². The molecule has 1 aliphatic rings. The van der Waals surface area contributed by atoms with Crippen molar-refractivity contribution in [2.45, 2.75) is 19.4 Å². The van der Waals surface area contributed by atoms with Gasteiger partial charge in [0.05, 0.1) is 10.2 Å². The fourth-order valence-corrected chi connectivity index (χ4v) is 3.86. The van der Waals surface area contributed by atoms with Gasteiger partial charge in [0, 0.05) is 17.3 Å². The lowest BCUT2D eigenvalue weighted by Crippen LogP contribution is -2.35. The summed E-state index contributed by atoms with van der Waals surface area (Å²) in [5.41, 5.74) is 9.50. The summed E-state index contributed by atoms with van der Waals surface area (Å²) in [6.45, 7) is 2.08. The van der Waals surface area contributed by atoms with Crippen molar-refractivity contribution in [3.63, 3.8) is 0 Å². The number of nitrogens with two attached hydrogens (primary N) is 1. The van der Waals surface area contributed by atoms with E-state index >= 15 is 0 Å². The molecule has 0 fully saturated rings. The van der Waals surface area contributed by atoms with E-state index in [2.05, 4.69) is 18.0 Å². The van der Waals surface area contributed by atoms with Crippen molar-refractivity contribution in [3.8, 4) is 0 Å². The molecule has 1 aromatic heterocycles. The van der Waals surface area contributed by atoms with Crippen LogP contribution in [0.15, 0.2) is 42.5 Å². The molecule has 0 spiro atoms. The Balaban J connectivity index is 1.76. The van der Waals surface area contributed by atoms with Crippen LogP contribution in [0.2, 0.25) is 0 Å². The van der Waals surface area contributed by atoms with E-state index in [-0.39, 0.29) is 11.9 Å². The van der Waals surface area contributed by atoms with Crippen LogP contribution in [-0.2, 0) is 6.42 Å². The van der Waals surface area contributed by atoms with Crippen LogP contribution in [0, 0.1) is 0 Å². The first-order chi connectivity index (χ1) is 10.6. The number of hydrogen-bond acceptors (Lipinski definition) is 4. The van der Waals surface area contributed by atoms with Gasteiger partial charge in [0.1, 0.15) is 0 Å². The average molecular weight is 309 g/mol. The minimum atomic E-state index is 0.0336. The molecule has 2 N–H and O–H groups in total. The highest BCUT2D eigenvalue weighted by Crippen LogP contribution is 2.34. The summed E-state index contributed by atoms with van der Waals surface area (Å²) in [6.07, 6.45) is 0.900. The number of anilines is 2. The van der Waals surface area contributed by atoms with E-state index in [0.29, 0.717) is 10.7 Å². The fraction of sp³-hybridized carbons (Fsp3) is 0.176. The smallest absolute Gasteiger partial charge is 0.258 e. The highest BCUT2D eigenvalue weighted by atomic mass is 32.1. The molecule has 1 amide bonds. The highest BCUT2D eigenvalue weighted by Gasteiger charge is 2.31. The zero-order chi connectivity index (χ0) is 15.3. The maximum absolute atomic E-state index is 12.9. The highest BCUT2D eigenvalue weighted by molar-refractivity contribution is 7.22. The van der Waals surface area contributed by atoms with E-state index in [1.165, 1.54) is 16.9 Å². The summed E-state index contributed by atoms with van der Waals surface area (Å²) in [7, 11) is 0. The number of hydrogen-bond donors (Lipinski definition) is 1. The summed E-state index contributed by atoms with van der Waals surface area (Å²) >= 11 is 1.41. The van der Waals surface area contributed by atoms with Gasteiger partial charge in [-0.05, 0) is 43.2 Å². The monoisotopic (exact) mass is 309 g/mol. The Bertz CT molecular complexity index is 886. The molecule has 2 aromatic carbocycles. The van der Waals surface area contributed by atoms with Crippen molar-refractivity contribution < 1.29 is 4.79 Å². The average Bonchev–Trinajstić information content (AvgIpc) is 3.03. The van der Waals surface area contributed by atoms with Crippen LogP contribution in [0.3, 0.4) is 0 Å². The normalized spacial score (nSPS) is 17.0. The Hall–Kier alpha value is -2.40. The van der Waals surface area contributed by atoms with Crippen LogP contribution >= 0.6 is 11.3 Å². The van der Waals surface area contributed by atoms with Gasteiger partial charge in [-0.25, -0.2) is 4.98 Å². The van der Waals surface area contributed by atoms with Crippen molar-refractivity contribution in [1.29, 1.82) is 0 Å². The van der Waals surface area contributed by atoms with E-state index in [1.807, 2.05) is 41.3 Å². The molecule has 0 aliphatic carbocycles. The van der Waals surface area contributed by atoms with Crippen molar-refractivity contribution in [2.24, 2.45) is 0 Å². The number of rotatable bonds is 1. The Morgan fingerprint density at radius 2 is 2.14 bits per heavy atom. The van der Waals surface area contributed by atoms with Crippen LogP contribution < -0.4 is 10.6 Å². The molecule has 22 heavy (non-hydrogen) atoms. The second kappa shape index (κ2) is 4.81. The summed E-state index contributed by atoms with van der Waals surface area (Å²) in [4.78, 5) is 19.1. The lowest BCUT2D eigenvalue weighted by atomic mass is 10.1. The van der Waals surface area contributed by atoms with E-state index < -0.39 is 0 Å². The molecule has 110 valence electrons. The first-order valence-electron chi connectivity index (χ1n) is 7.21. The van der Waals surface area contributed by atoms with Crippen LogP contribution in [0.25, 0.3) is 10.2 Å². The third-order valence-corrected chi connectivity index (χ3v) is 4.93. The number of nitrogen functional groups attached to an aromatic ring is 1. The summed E-state index contributed by atoms with van der Waals surface area (Å²) in [5, 5.41) is 0.527. The lowest BCUT2D eigenvalue weighted by Gasteiger charge is -2.22. The second-order valence-electron chi connectivity index (χ2n) is 5.59. The lowest BCUT2D eigenvalue weighted by molar-refractivity contribution is 0.0981. The fourth-order valence-electron chi connectivity index (χ4n) is 3.09. The molecular formula is C17H15N3OS. The summed E-state index contributed by atoms with van der Waals surface area (Å²) in [6, 6.07) is 13.9. The Kier molecular flexibility index (Phi) is 2.90. The molecule has 0 saturated carbocycles. The first-order valence-corrected chi connectivity index (χ1v) is 8.02. The number of amides is 1. The molecule has 3 aromatic rings. The van der Waals surface area contributed by atoms with Gasteiger partial charge in [-0.15, -0.1) is 0 Å². The third kappa shape index (κ3) is 1.97. The number of nitrogens with zero attached hydrogens (tertiary/aromatic N) is 2. The zero-order valence-electron chi connectivity index (χ0n) is 12.1. The molecule has 5 heteroatoms. The van der Waals surface area contributed by atoms with Crippen LogP contribution in [0.1, 0.15) is 22.8 Å². The number of thiazole rings is 1. The van der Waals surface area contributed by atoms with Gasteiger partial charge >= 0.3 is 0 Å². The summed E-state index contributed by atoms with van der Waals surface area (Å²) in [5.74, 6) is 0.0336. The van der Waals surface area contributed by atoms with Crippen LogP contribution in [-0.4, -0.2) is 16.9 Å². The van der Waals surface area contributed by atoms with Crippen LogP contribution in [0.5, 0.6) is 0 Å². The number of carbonyl (C=O) groups is 1. The van der Waals surface area contributed by atoms with Gasteiger partial charge in [-0.1, -0.05) is 29.5 Å². The zero-order valence-corrected chi connectivity index (χ0v) is 12.9. The van der Waals surface area contributed by atoms with Crippen molar-refractivity contribution in [3.05, 3.63) is 53.6 Å². The van der Waals surface area contributed by atoms with Gasteiger partial charge < -0.3 is 10.6 Å². The predicted octanol–water partition coefficient (Wildman–Crippen LogP) is 3.47. The predicted molar refractivity (Wildman–Crippen MR) is 90.4 cm³/mol. The van der Waals surface area contributed by atoms with E-state index in [4.69, 9.17) is 5.73 Å². The number of fused-ring (bicyclic) bond motifs is 2. The molecule has 0 saturated heterocycles. The van der Waals surface area contributed by atoms with E-state index in [0.717, 1.165) is 22.3 Å². The first kappa shape index (κ1) is 13.3. The summed E-state index contributed by atoms with van der Waals surface area (Å²) < 4.78 is 0.948. The van der Waals surface area contributed by atoms with E-state index in [9.17, 15) is 4.79 Å². The molecule has 2 heterocycles. The second-order valence-corrected chi connectivity index (χ2v) is 6.65. The number of carbonyl (C=O) groups excluding carboxylic acids is 1. The number of aromatic nitrogens is 1. The molecule has 4 nitrogen and oxygen atoms in total. The molecule has 1 aliphatic heterocycles. The standard InChI is InChI=1S/C17H15N3OS/c1-10-8-11-4-2-3-5-14(11)20(10)16(21)12-6-7-13-15(9-12)22-17(18)19-13/h2-7,9-10H,8H2,1H3,(H2,18,19). The van der Waals surface area contributed by atoms with Crippen molar-refractivity contribution in [2.75, 3.05) is 10.6 Å². The van der Waals surface area contributed by atoms with Gasteiger partial charge in [0.25, 0.3) is 5.91 Å². The third-order valence-electron chi connectivity index (χ3n) is 4.08. The molecule has 0 bridgehead atoms. The van der Waals surface area contributed by atoms with Crippen molar-refractivity contribution >= 4 is 38.3 Å². The minimum Gasteiger partial charge on any atom is -0.375 e. The van der Waals surface area contributed by atoms with Gasteiger partial charge in [-0.3, -0.25) is 4.79 Å². The molecule has 1 atom stereocenters. The van der Waals surface area contributed by atoms with Crippen LogP contribution in [0.4, 0.5) is 10.8 Å². The Morgan fingerprint density at radius 1 is 1.32 bits per heavy atom. The largest absolute Gasteiger partial charge is 0.375 e. The quantitative estimate of drug-likeness (QED) is 0.749. The van der Waals surface area contributed by atoms with Gasteiger partial charge in [0.2, 0.25) is 0 Å². The topological polar surface area (TPSA) is 59.2 Å². The maximum Gasteiger partial charge on any atom is 0.258 e. The molecule has 4 rings (SSSR count). The number of benzene rings is 2. The SMILES string of the molecule is CC1Cc2ccccc2N1C(=O)c1ccc2nc(N)sc2c1. The molecular weight excluding hydrogens is 294 g/mol. The molecule has 0 radical (unpaired) electrons. The van der Waals surface area contributed by atoms with Crippen molar-refractivity contribution in [1.82, 2.24) is 4.98 Å². The molecule has 1 unspecified atom stereocenters. The van der Waals surface area contributed by atoms with E-state index in [1.54, 1.807) is 0 Å². The Labute approximate surface area is 132 Å². The Morgan fingerprint density at radius 3 is 3.00 bits per heavy atom. The number of para-hydroxylation sites is 1. The minimum absolute atomic E-state index is 0.0336. The van der Waals surface area contributed by atoms with Gasteiger partial charge in [0.15, 0.2) is 5.13 Å².